The molecule has 6 rings (SSSR count). The number of rotatable bonds is 2. The smallest absolute Gasteiger partial charge is 0.267 e. The van der Waals surface area contributed by atoms with Crippen LogP contribution in [0.4, 0.5) is 5.69 Å². The van der Waals surface area contributed by atoms with E-state index < -0.39 is 26.8 Å². The molecule has 3 aromatic rings. The van der Waals surface area contributed by atoms with Crippen LogP contribution in [0.25, 0.3) is 0 Å². The van der Waals surface area contributed by atoms with Crippen molar-refractivity contribution in [3.63, 3.8) is 0 Å². The van der Waals surface area contributed by atoms with Gasteiger partial charge in [-0.1, -0.05) is 36.7 Å². The molecule has 2 aromatic carbocycles. The number of hydrogen-bond acceptors (Lipinski definition) is 8. The molecule has 3 aliphatic rings. The highest BCUT2D eigenvalue weighted by molar-refractivity contribution is 7.90. The van der Waals surface area contributed by atoms with Crippen LogP contribution in [-0.4, -0.2) is 61.3 Å². The maximum absolute atomic E-state index is 13.9. The van der Waals surface area contributed by atoms with Crippen molar-refractivity contribution in [2.75, 3.05) is 32.1 Å². The van der Waals surface area contributed by atoms with E-state index in [1.54, 1.807) is 32.4 Å². The minimum Gasteiger partial charge on any atom is -0.487 e. The van der Waals surface area contributed by atoms with Crippen molar-refractivity contribution >= 4 is 33.2 Å². The van der Waals surface area contributed by atoms with Crippen LogP contribution >= 0.6 is 11.6 Å². The summed E-state index contributed by atoms with van der Waals surface area (Å²) in [4.78, 5) is 16.2. The van der Waals surface area contributed by atoms with Gasteiger partial charge >= 0.3 is 0 Å². The zero-order chi connectivity index (χ0) is 34.1. The third kappa shape index (κ3) is 6.59. The summed E-state index contributed by atoms with van der Waals surface area (Å²) >= 11 is 6.37. The molecule has 48 heavy (non-hydrogen) atoms. The monoisotopic (exact) mass is 692 g/mol. The van der Waals surface area contributed by atoms with E-state index in [4.69, 9.17) is 21.1 Å². The highest BCUT2D eigenvalue weighted by atomic mass is 35.5. The second-order valence-electron chi connectivity index (χ2n) is 13.5. The molecule has 1 aliphatic carbocycles. The summed E-state index contributed by atoms with van der Waals surface area (Å²) in [5.74, 6) is 0.168. The van der Waals surface area contributed by atoms with E-state index >= 15 is 0 Å². The van der Waals surface area contributed by atoms with Crippen LogP contribution in [0.15, 0.2) is 66.9 Å². The summed E-state index contributed by atoms with van der Waals surface area (Å²) in [6.07, 6.45) is 10.9. The van der Waals surface area contributed by atoms with Crippen molar-refractivity contribution in [3.05, 3.63) is 94.3 Å². The standard InChI is InChI=1S/C37H45ClN4O5S/c1-25-9-7-18-37(46-4,35-11-8-19-39-40-35)32-16-13-29(32)23-42-20-6-5-10-27-21-31(38)15-12-30(27)24-47-34-17-14-28(22-33(34)42)36(43)41(3)48(44,45)26(25)2/h7-8,11-12,14-15,17-19,21-22,25-26,29,32H,5-6,9-10,13,16,20,23-24H2,1-4H3/b18-7+/t25-,26+,29-,32+,37-/m0/s1. The van der Waals surface area contributed by atoms with E-state index in [2.05, 4.69) is 21.2 Å². The molecule has 0 spiro atoms. The lowest BCUT2D eigenvalue weighted by Gasteiger charge is -2.49. The fraction of sp³-hybridized carbons (Fsp3) is 0.486. The Bertz CT molecular complexity index is 1770. The number of carbonyl (C=O) groups excluding carboxylic acids is 1. The molecule has 3 heterocycles. The van der Waals surface area contributed by atoms with Crippen LogP contribution in [0.5, 0.6) is 5.75 Å². The fourth-order valence-corrected chi connectivity index (χ4v) is 9.16. The van der Waals surface area contributed by atoms with Gasteiger partial charge in [0.05, 0.1) is 16.6 Å². The van der Waals surface area contributed by atoms with Crippen LogP contribution in [0, 0.1) is 17.8 Å². The van der Waals surface area contributed by atoms with Gasteiger partial charge in [0, 0.05) is 49.9 Å². The molecule has 0 saturated heterocycles. The largest absolute Gasteiger partial charge is 0.487 e. The first-order chi connectivity index (χ1) is 23.0. The normalized spacial score (nSPS) is 28.6. The molecule has 1 fully saturated rings. The van der Waals surface area contributed by atoms with Crippen LogP contribution < -0.4 is 9.64 Å². The number of anilines is 1. The third-order valence-corrected chi connectivity index (χ3v) is 13.3. The fourth-order valence-electron chi connectivity index (χ4n) is 7.43. The predicted molar refractivity (Wildman–Crippen MR) is 188 cm³/mol. The molecule has 0 N–H and O–H groups in total. The number of allylic oxidation sites excluding steroid dienone is 1. The minimum absolute atomic E-state index is 0.102. The van der Waals surface area contributed by atoms with E-state index in [-0.39, 0.29) is 17.8 Å². The van der Waals surface area contributed by atoms with Crippen LogP contribution in [0.1, 0.15) is 73.1 Å². The zero-order valence-electron chi connectivity index (χ0n) is 28.1. The summed E-state index contributed by atoms with van der Waals surface area (Å²) < 4.78 is 41.4. The zero-order valence-corrected chi connectivity index (χ0v) is 29.7. The number of benzene rings is 2. The van der Waals surface area contributed by atoms with E-state index in [1.807, 2.05) is 49.4 Å². The van der Waals surface area contributed by atoms with E-state index in [0.717, 1.165) is 59.9 Å². The molecule has 2 bridgehead atoms. The lowest BCUT2D eigenvalue weighted by atomic mass is 9.63. The van der Waals surface area contributed by atoms with Gasteiger partial charge in [0.15, 0.2) is 0 Å². The summed E-state index contributed by atoms with van der Waals surface area (Å²) in [5, 5.41) is 8.64. The maximum atomic E-state index is 13.9. The Morgan fingerprint density at radius 3 is 2.62 bits per heavy atom. The number of methoxy groups -OCH3 is 1. The van der Waals surface area contributed by atoms with Gasteiger partial charge in [-0.25, -0.2) is 12.7 Å². The Labute approximate surface area is 289 Å². The number of ether oxygens (including phenoxy) is 2. The number of amides is 1. The minimum atomic E-state index is -3.97. The molecule has 1 amide bonds. The molecular formula is C37H45ClN4O5S. The van der Waals surface area contributed by atoms with E-state index in [0.29, 0.717) is 35.9 Å². The molecule has 0 radical (unpaired) electrons. The van der Waals surface area contributed by atoms with Crippen LogP contribution in [-0.2, 0) is 33.4 Å². The average Bonchev–Trinajstić information content (AvgIpc) is 3.11. The number of carbonyl (C=O) groups is 1. The third-order valence-electron chi connectivity index (χ3n) is 10.8. The molecule has 1 aromatic heterocycles. The summed E-state index contributed by atoms with van der Waals surface area (Å²) in [6.45, 7) is 5.36. The number of aryl methyl sites for hydroxylation is 1. The van der Waals surface area contributed by atoms with Crippen molar-refractivity contribution in [2.24, 2.45) is 17.8 Å². The van der Waals surface area contributed by atoms with Gasteiger partial charge in [-0.2, -0.15) is 10.2 Å². The topological polar surface area (TPSA) is 102 Å². The van der Waals surface area contributed by atoms with Crippen molar-refractivity contribution in [3.8, 4) is 5.75 Å². The second-order valence-corrected chi connectivity index (χ2v) is 16.2. The van der Waals surface area contributed by atoms with E-state index in [1.165, 1.54) is 12.6 Å². The predicted octanol–water partition coefficient (Wildman–Crippen LogP) is 6.81. The number of hydrogen-bond donors (Lipinski definition) is 0. The van der Waals surface area contributed by atoms with Gasteiger partial charge in [0.25, 0.3) is 5.91 Å². The van der Waals surface area contributed by atoms with Crippen LogP contribution in [0.2, 0.25) is 5.02 Å². The molecule has 9 nitrogen and oxygen atoms in total. The number of nitrogens with zero attached hydrogens (tertiary/aromatic N) is 4. The van der Waals surface area contributed by atoms with Gasteiger partial charge in [0.2, 0.25) is 10.0 Å². The van der Waals surface area contributed by atoms with Crippen molar-refractivity contribution in [2.45, 2.75) is 69.8 Å². The quantitative estimate of drug-likeness (QED) is 0.270. The first kappa shape index (κ1) is 34.4. The number of fused-ring (bicyclic) bond motifs is 3. The lowest BCUT2D eigenvalue weighted by molar-refractivity contribution is -0.0835. The number of aromatic nitrogens is 2. The molecule has 2 aliphatic heterocycles. The first-order valence-electron chi connectivity index (χ1n) is 16.9. The summed E-state index contributed by atoms with van der Waals surface area (Å²) in [7, 11) is -0.894. The van der Waals surface area contributed by atoms with Gasteiger partial charge in [0.1, 0.15) is 18.0 Å². The lowest BCUT2D eigenvalue weighted by Crippen LogP contribution is -2.50. The van der Waals surface area contributed by atoms with Gasteiger partial charge < -0.3 is 14.4 Å². The van der Waals surface area contributed by atoms with Crippen molar-refractivity contribution in [1.82, 2.24) is 14.5 Å². The Morgan fingerprint density at radius 1 is 1.06 bits per heavy atom. The highest BCUT2D eigenvalue weighted by Gasteiger charge is 2.49. The Hall–Kier alpha value is -3.47. The molecule has 11 heteroatoms. The first-order valence-corrected chi connectivity index (χ1v) is 18.8. The summed E-state index contributed by atoms with van der Waals surface area (Å²) in [6, 6.07) is 15.0. The van der Waals surface area contributed by atoms with Gasteiger partial charge in [-0.3, -0.25) is 4.79 Å². The van der Waals surface area contributed by atoms with Crippen molar-refractivity contribution < 1.29 is 22.7 Å². The summed E-state index contributed by atoms with van der Waals surface area (Å²) in [5.41, 5.74) is 3.23. The highest BCUT2D eigenvalue weighted by Crippen LogP contribution is 2.50. The maximum Gasteiger partial charge on any atom is 0.267 e. The van der Waals surface area contributed by atoms with Gasteiger partial charge in [-0.05, 0) is 111 Å². The molecular weight excluding hydrogens is 648 g/mol. The Balaban J connectivity index is 1.47. The molecule has 0 unspecified atom stereocenters. The van der Waals surface area contributed by atoms with E-state index in [9.17, 15) is 13.2 Å². The van der Waals surface area contributed by atoms with Gasteiger partial charge in [-0.15, -0.1) is 0 Å². The molecule has 256 valence electrons. The van der Waals surface area contributed by atoms with Crippen molar-refractivity contribution in [1.29, 1.82) is 0 Å². The van der Waals surface area contributed by atoms with Crippen LogP contribution in [0.3, 0.4) is 0 Å². The Morgan fingerprint density at radius 2 is 1.90 bits per heavy atom. The average molecular weight is 693 g/mol. The molecule has 5 atom stereocenters. The molecule has 1 saturated carbocycles. The number of halogens is 1. The SMILES string of the molecule is CO[C@@]1(c2cccnn2)/C=C/C[C@H](C)[C@@H](C)S(=O)(=O)N(C)C(=O)c2ccc3c(c2)N(CCCCc2cc(Cl)ccc2CO3)C[C@@H]2CC[C@H]21. The second kappa shape index (κ2) is 14.2. The Kier molecular flexibility index (Phi) is 10.2. The number of sulfonamides is 1.